The van der Waals surface area contributed by atoms with Gasteiger partial charge >= 0.3 is 0 Å². The fourth-order valence-corrected chi connectivity index (χ4v) is 2.31. The van der Waals surface area contributed by atoms with Gasteiger partial charge in [-0.15, -0.1) is 0 Å². The van der Waals surface area contributed by atoms with Crippen molar-refractivity contribution in [2.75, 3.05) is 19.0 Å². The van der Waals surface area contributed by atoms with Crippen molar-refractivity contribution in [3.05, 3.63) is 59.1 Å². The zero-order valence-corrected chi connectivity index (χ0v) is 14.1. The summed E-state index contributed by atoms with van der Waals surface area (Å²) in [6.07, 6.45) is 0.817. The molecule has 0 heterocycles. The zero-order valence-electron chi connectivity index (χ0n) is 13.3. The van der Waals surface area contributed by atoms with Crippen LogP contribution in [0.15, 0.2) is 48.5 Å². The third-order valence-electron chi connectivity index (χ3n) is 3.34. The number of carbonyl (C=O) groups excluding carboxylic acids is 2. The van der Waals surface area contributed by atoms with E-state index in [1.807, 2.05) is 6.07 Å². The quantitative estimate of drug-likeness (QED) is 0.754. The van der Waals surface area contributed by atoms with Crippen molar-refractivity contribution in [2.45, 2.75) is 12.8 Å². The van der Waals surface area contributed by atoms with Crippen LogP contribution in [-0.2, 0) is 4.79 Å². The average molecular weight is 347 g/mol. The molecule has 5 nitrogen and oxygen atoms in total. The van der Waals surface area contributed by atoms with E-state index in [1.165, 1.54) is 7.11 Å². The van der Waals surface area contributed by atoms with Crippen LogP contribution < -0.4 is 15.4 Å². The largest absolute Gasteiger partial charge is 0.495 e. The van der Waals surface area contributed by atoms with Crippen LogP contribution >= 0.6 is 11.6 Å². The molecule has 0 saturated heterocycles. The zero-order chi connectivity index (χ0) is 17.4. The average Bonchev–Trinajstić information content (AvgIpc) is 2.59. The van der Waals surface area contributed by atoms with Gasteiger partial charge in [-0.05, 0) is 36.8 Å². The Bertz CT molecular complexity index is 705. The van der Waals surface area contributed by atoms with Gasteiger partial charge in [0.05, 0.1) is 12.8 Å². The molecule has 0 aliphatic carbocycles. The molecule has 0 atom stereocenters. The number of carbonyl (C=O) groups is 2. The molecule has 0 fully saturated rings. The lowest BCUT2D eigenvalue weighted by molar-refractivity contribution is -0.116. The minimum absolute atomic E-state index is 0.146. The second-order valence-electron chi connectivity index (χ2n) is 5.12. The first-order valence-electron chi connectivity index (χ1n) is 7.57. The van der Waals surface area contributed by atoms with Crippen molar-refractivity contribution >= 4 is 29.1 Å². The molecule has 126 valence electrons. The Morgan fingerprint density at radius 1 is 1.12 bits per heavy atom. The maximum Gasteiger partial charge on any atom is 0.251 e. The van der Waals surface area contributed by atoms with Gasteiger partial charge in [-0.2, -0.15) is 0 Å². The number of methoxy groups -OCH3 is 1. The number of rotatable bonds is 7. The second-order valence-corrected chi connectivity index (χ2v) is 5.55. The summed E-state index contributed by atoms with van der Waals surface area (Å²) in [4.78, 5) is 23.8. The van der Waals surface area contributed by atoms with Gasteiger partial charge in [0.1, 0.15) is 5.75 Å². The van der Waals surface area contributed by atoms with Crippen LogP contribution in [-0.4, -0.2) is 25.5 Å². The number of amides is 2. The first kappa shape index (κ1) is 17.8. The van der Waals surface area contributed by atoms with E-state index in [4.69, 9.17) is 16.3 Å². The molecule has 0 aromatic heterocycles. The van der Waals surface area contributed by atoms with Crippen molar-refractivity contribution in [1.82, 2.24) is 5.32 Å². The molecule has 0 saturated carbocycles. The van der Waals surface area contributed by atoms with E-state index in [9.17, 15) is 9.59 Å². The Morgan fingerprint density at radius 2 is 1.88 bits per heavy atom. The number of halogens is 1. The van der Waals surface area contributed by atoms with Gasteiger partial charge in [-0.25, -0.2) is 0 Å². The van der Waals surface area contributed by atoms with Crippen molar-refractivity contribution in [1.29, 1.82) is 0 Å². The molecule has 2 rings (SSSR count). The molecular formula is C18H19ClN2O3. The Morgan fingerprint density at radius 3 is 2.58 bits per heavy atom. The molecule has 0 aliphatic rings. The van der Waals surface area contributed by atoms with Crippen LogP contribution in [0.2, 0.25) is 5.02 Å². The molecule has 2 amide bonds. The first-order chi connectivity index (χ1) is 11.6. The van der Waals surface area contributed by atoms with Crippen LogP contribution in [0.4, 0.5) is 5.69 Å². The van der Waals surface area contributed by atoms with Gasteiger partial charge in [-0.1, -0.05) is 29.8 Å². The summed E-state index contributed by atoms with van der Waals surface area (Å²) in [6.45, 7) is 0.424. The van der Waals surface area contributed by atoms with Crippen molar-refractivity contribution in [3.8, 4) is 5.75 Å². The fourth-order valence-electron chi connectivity index (χ4n) is 2.13. The van der Waals surface area contributed by atoms with Crippen LogP contribution in [0.25, 0.3) is 0 Å². The number of anilines is 1. The molecule has 24 heavy (non-hydrogen) atoms. The van der Waals surface area contributed by atoms with Gasteiger partial charge < -0.3 is 15.4 Å². The number of ether oxygens (including phenoxy) is 1. The van der Waals surface area contributed by atoms with E-state index < -0.39 is 0 Å². The fraction of sp³-hybridized carbons (Fsp3) is 0.222. The summed E-state index contributed by atoms with van der Waals surface area (Å²) >= 11 is 5.92. The minimum Gasteiger partial charge on any atom is -0.495 e. The van der Waals surface area contributed by atoms with Crippen molar-refractivity contribution in [3.63, 3.8) is 0 Å². The third-order valence-corrected chi connectivity index (χ3v) is 3.57. The van der Waals surface area contributed by atoms with Gasteiger partial charge in [0, 0.05) is 23.6 Å². The van der Waals surface area contributed by atoms with Gasteiger partial charge in [0.2, 0.25) is 5.91 Å². The second kappa shape index (κ2) is 8.93. The van der Waals surface area contributed by atoms with Crippen LogP contribution in [0.5, 0.6) is 5.75 Å². The van der Waals surface area contributed by atoms with E-state index in [2.05, 4.69) is 10.6 Å². The number of benzene rings is 2. The van der Waals surface area contributed by atoms with Crippen molar-refractivity contribution in [2.24, 2.45) is 0 Å². The summed E-state index contributed by atoms with van der Waals surface area (Å²) in [5.41, 5.74) is 1.13. The Kier molecular flexibility index (Phi) is 6.63. The minimum atomic E-state index is -0.162. The molecule has 0 radical (unpaired) electrons. The van der Waals surface area contributed by atoms with Crippen LogP contribution in [0, 0.1) is 0 Å². The summed E-state index contributed by atoms with van der Waals surface area (Å²) < 4.78 is 5.18. The topological polar surface area (TPSA) is 67.4 Å². The van der Waals surface area contributed by atoms with E-state index in [0.29, 0.717) is 35.0 Å². The Hall–Kier alpha value is -2.53. The molecule has 0 spiro atoms. The SMILES string of the molecule is COc1ccc(Cl)cc1NC(=O)CCCNC(=O)c1ccccc1. The molecule has 0 unspecified atom stereocenters. The van der Waals surface area contributed by atoms with Gasteiger partial charge in [0.25, 0.3) is 5.91 Å². The van der Waals surface area contributed by atoms with E-state index in [-0.39, 0.29) is 18.2 Å². The van der Waals surface area contributed by atoms with E-state index in [1.54, 1.807) is 42.5 Å². The number of hydrogen-bond donors (Lipinski definition) is 2. The smallest absolute Gasteiger partial charge is 0.251 e. The summed E-state index contributed by atoms with van der Waals surface area (Å²) in [6, 6.07) is 14.0. The summed E-state index contributed by atoms with van der Waals surface area (Å²) in [7, 11) is 1.53. The van der Waals surface area contributed by atoms with Gasteiger partial charge in [-0.3, -0.25) is 9.59 Å². The number of hydrogen-bond acceptors (Lipinski definition) is 3. The molecule has 2 aromatic rings. The highest BCUT2D eigenvalue weighted by Crippen LogP contribution is 2.27. The lowest BCUT2D eigenvalue weighted by Crippen LogP contribution is -2.25. The highest BCUT2D eigenvalue weighted by molar-refractivity contribution is 6.31. The summed E-state index contributed by atoms with van der Waals surface area (Å²) in [5.74, 6) is 0.238. The molecule has 6 heteroatoms. The van der Waals surface area contributed by atoms with E-state index in [0.717, 1.165) is 0 Å². The third kappa shape index (κ3) is 5.28. The maximum absolute atomic E-state index is 12.0. The molecule has 0 aliphatic heterocycles. The Balaban J connectivity index is 1.76. The highest BCUT2D eigenvalue weighted by Gasteiger charge is 2.09. The first-order valence-corrected chi connectivity index (χ1v) is 7.94. The Labute approximate surface area is 146 Å². The molecule has 0 bridgehead atoms. The standard InChI is InChI=1S/C18H19ClN2O3/c1-24-16-10-9-14(19)12-15(16)21-17(22)8-5-11-20-18(23)13-6-3-2-4-7-13/h2-4,6-7,9-10,12H,5,8,11H2,1H3,(H,20,23)(H,21,22). The molecule has 2 aromatic carbocycles. The summed E-state index contributed by atoms with van der Waals surface area (Å²) in [5, 5.41) is 6.06. The predicted octanol–water partition coefficient (Wildman–Crippen LogP) is 3.50. The maximum atomic E-state index is 12.0. The van der Waals surface area contributed by atoms with Crippen molar-refractivity contribution < 1.29 is 14.3 Å². The molecular weight excluding hydrogens is 328 g/mol. The predicted molar refractivity (Wildman–Crippen MR) is 94.6 cm³/mol. The molecule has 2 N–H and O–H groups in total. The lowest BCUT2D eigenvalue weighted by Gasteiger charge is -2.10. The van der Waals surface area contributed by atoms with E-state index >= 15 is 0 Å². The highest BCUT2D eigenvalue weighted by atomic mass is 35.5. The lowest BCUT2D eigenvalue weighted by atomic mass is 10.2. The normalized spacial score (nSPS) is 10.1. The monoisotopic (exact) mass is 346 g/mol. The van der Waals surface area contributed by atoms with Crippen LogP contribution in [0.3, 0.4) is 0 Å². The van der Waals surface area contributed by atoms with Gasteiger partial charge in [0.15, 0.2) is 0 Å². The number of nitrogens with one attached hydrogen (secondary N) is 2. The van der Waals surface area contributed by atoms with Crippen LogP contribution in [0.1, 0.15) is 23.2 Å².